The number of benzene rings is 2. The Labute approximate surface area is 168 Å². The number of fused-ring (bicyclic) bond motifs is 1. The third-order valence-electron chi connectivity index (χ3n) is 4.96. The minimum atomic E-state index is -0.351. The molecule has 1 saturated heterocycles. The highest BCUT2D eigenvalue weighted by Gasteiger charge is 2.18. The Morgan fingerprint density at radius 3 is 2.66 bits per heavy atom. The second kappa shape index (κ2) is 7.83. The lowest BCUT2D eigenvalue weighted by Crippen LogP contribution is -2.38. The average molecular weight is 392 g/mol. The number of aromatic amines is 1. The molecule has 4 N–H and O–H groups in total. The Morgan fingerprint density at radius 1 is 1.14 bits per heavy atom. The maximum absolute atomic E-state index is 12.2. The van der Waals surface area contributed by atoms with E-state index in [0.29, 0.717) is 32.0 Å². The van der Waals surface area contributed by atoms with E-state index >= 15 is 0 Å². The first-order chi connectivity index (χ1) is 14.0. The molecule has 3 aromatic rings. The lowest BCUT2D eigenvalue weighted by atomic mass is 10.00. The van der Waals surface area contributed by atoms with Crippen LogP contribution in [0.1, 0.15) is 11.1 Å². The Bertz CT molecular complexity index is 1050. The highest BCUT2D eigenvalue weighted by molar-refractivity contribution is 6.00. The summed E-state index contributed by atoms with van der Waals surface area (Å²) >= 11 is 0. The highest BCUT2D eigenvalue weighted by Crippen LogP contribution is 2.28. The first-order valence-corrected chi connectivity index (χ1v) is 9.64. The zero-order valence-corrected chi connectivity index (χ0v) is 16.5. The van der Waals surface area contributed by atoms with E-state index in [4.69, 9.17) is 0 Å². The number of urea groups is 2. The molecule has 8 heteroatoms. The number of carbonyl (C=O) groups is 2. The van der Waals surface area contributed by atoms with Gasteiger partial charge in [-0.2, -0.15) is 5.10 Å². The van der Waals surface area contributed by atoms with Gasteiger partial charge in [0.1, 0.15) is 0 Å². The Hall–Kier alpha value is -3.55. The van der Waals surface area contributed by atoms with Crippen LogP contribution in [-0.2, 0) is 0 Å². The number of amides is 4. The molecule has 1 aliphatic heterocycles. The van der Waals surface area contributed by atoms with Gasteiger partial charge < -0.3 is 15.5 Å². The fourth-order valence-corrected chi connectivity index (χ4v) is 3.62. The molecule has 0 bridgehead atoms. The quantitative estimate of drug-likeness (QED) is 0.537. The van der Waals surface area contributed by atoms with Crippen molar-refractivity contribution in [3.05, 3.63) is 47.5 Å². The number of nitrogens with zero attached hydrogens (tertiary/aromatic N) is 2. The van der Waals surface area contributed by atoms with E-state index < -0.39 is 0 Å². The molecule has 2 heterocycles. The number of hydrogen-bond acceptors (Lipinski definition) is 3. The Kier molecular flexibility index (Phi) is 5.07. The van der Waals surface area contributed by atoms with Gasteiger partial charge in [0.05, 0.1) is 5.52 Å². The normalized spacial score (nSPS) is 13.6. The van der Waals surface area contributed by atoms with Gasteiger partial charge in [0.25, 0.3) is 0 Å². The molecule has 0 saturated carbocycles. The average Bonchev–Trinajstić information content (AvgIpc) is 3.27. The number of rotatable bonds is 5. The standard InChI is InChI=1S/C21H24N6O2/c1-13-9-14(2)11-16(10-13)15-3-4-17-18(12-15)25-26-19(17)24-20(28)22-5-7-27-8-6-23-21(27)29/h3-4,9-12H,5-8H2,1-2H3,(H,23,29)(H3,22,24,25,26,28). The summed E-state index contributed by atoms with van der Waals surface area (Å²) in [5.74, 6) is 0.475. The van der Waals surface area contributed by atoms with E-state index in [1.54, 1.807) is 4.90 Å². The molecule has 8 nitrogen and oxygen atoms in total. The largest absolute Gasteiger partial charge is 0.336 e. The highest BCUT2D eigenvalue weighted by atomic mass is 16.2. The third kappa shape index (κ3) is 4.16. The Balaban J connectivity index is 1.42. The lowest BCUT2D eigenvalue weighted by molar-refractivity contribution is 0.216. The van der Waals surface area contributed by atoms with Crippen LogP contribution in [0.3, 0.4) is 0 Å². The van der Waals surface area contributed by atoms with Crippen molar-refractivity contribution in [3.8, 4) is 11.1 Å². The summed E-state index contributed by atoms with van der Waals surface area (Å²) in [5.41, 5.74) is 5.53. The van der Waals surface area contributed by atoms with Crippen molar-refractivity contribution in [3.63, 3.8) is 0 Å². The van der Waals surface area contributed by atoms with Crippen molar-refractivity contribution in [2.75, 3.05) is 31.5 Å². The van der Waals surface area contributed by atoms with Crippen LogP contribution >= 0.6 is 0 Å². The molecule has 0 unspecified atom stereocenters. The van der Waals surface area contributed by atoms with Crippen molar-refractivity contribution in [1.82, 2.24) is 25.7 Å². The summed E-state index contributed by atoms with van der Waals surface area (Å²) < 4.78 is 0. The summed E-state index contributed by atoms with van der Waals surface area (Å²) in [6.45, 7) is 6.33. The summed E-state index contributed by atoms with van der Waals surface area (Å²) in [6.07, 6.45) is 0. The molecule has 0 spiro atoms. The molecule has 1 fully saturated rings. The van der Waals surface area contributed by atoms with Crippen LogP contribution < -0.4 is 16.0 Å². The summed E-state index contributed by atoms with van der Waals surface area (Å²) in [7, 11) is 0. The predicted octanol–water partition coefficient (Wildman–Crippen LogP) is 2.99. The van der Waals surface area contributed by atoms with E-state index in [9.17, 15) is 9.59 Å². The monoisotopic (exact) mass is 392 g/mol. The van der Waals surface area contributed by atoms with Crippen LogP contribution in [0.5, 0.6) is 0 Å². The van der Waals surface area contributed by atoms with Gasteiger partial charge >= 0.3 is 12.1 Å². The summed E-state index contributed by atoms with van der Waals surface area (Å²) in [5, 5.41) is 16.3. The van der Waals surface area contributed by atoms with E-state index in [-0.39, 0.29) is 12.1 Å². The maximum atomic E-state index is 12.2. The topological polar surface area (TPSA) is 102 Å². The van der Waals surface area contributed by atoms with Crippen molar-refractivity contribution in [2.45, 2.75) is 13.8 Å². The molecule has 29 heavy (non-hydrogen) atoms. The van der Waals surface area contributed by atoms with Crippen molar-refractivity contribution in [2.24, 2.45) is 0 Å². The molecule has 0 atom stereocenters. The van der Waals surface area contributed by atoms with Crippen LogP contribution in [0.25, 0.3) is 22.0 Å². The zero-order valence-electron chi connectivity index (χ0n) is 16.5. The number of aryl methyl sites for hydroxylation is 2. The number of nitrogens with one attached hydrogen (secondary N) is 4. The van der Waals surface area contributed by atoms with Crippen molar-refractivity contribution in [1.29, 1.82) is 0 Å². The van der Waals surface area contributed by atoms with Crippen molar-refractivity contribution >= 4 is 28.8 Å². The first-order valence-electron chi connectivity index (χ1n) is 9.64. The number of aromatic nitrogens is 2. The number of H-pyrrole nitrogens is 1. The van der Waals surface area contributed by atoms with Gasteiger partial charge in [-0.15, -0.1) is 0 Å². The summed E-state index contributed by atoms with van der Waals surface area (Å²) in [6, 6.07) is 12.0. The Morgan fingerprint density at radius 2 is 1.93 bits per heavy atom. The molecule has 0 aliphatic carbocycles. The van der Waals surface area contributed by atoms with E-state index in [1.807, 2.05) is 18.2 Å². The van der Waals surface area contributed by atoms with Gasteiger partial charge in [0, 0.05) is 31.6 Å². The molecule has 2 aromatic carbocycles. The van der Waals surface area contributed by atoms with Gasteiger partial charge in [-0.3, -0.25) is 10.4 Å². The minimum absolute atomic E-state index is 0.0925. The van der Waals surface area contributed by atoms with Gasteiger partial charge in [-0.05, 0) is 37.1 Å². The molecular formula is C21H24N6O2. The van der Waals surface area contributed by atoms with E-state index in [1.165, 1.54) is 11.1 Å². The van der Waals surface area contributed by atoms with Crippen molar-refractivity contribution < 1.29 is 9.59 Å². The van der Waals surface area contributed by atoms with Crippen LogP contribution in [0.2, 0.25) is 0 Å². The third-order valence-corrected chi connectivity index (χ3v) is 4.96. The number of hydrogen-bond donors (Lipinski definition) is 4. The van der Waals surface area contributed by atoms with Crippen LogP contribution in [0, 0.1) is 13.8 Å². The number of anilines is 1. The SMILES string of the molecule is Cc1cc(C)cc(-c2ccc3c(NC(=O)NCCN4CCNC4=O)n[nH]c3c2)c1. The maximum Gasteiger partial charge on any atom is 0.320 e. The molecular weight excluding hydrogens is 368 g/mol. The van der Waals surface area contributed by atoms with Crippen LogP contribution in [0.15, 0.2) is 36.4 Å². The molecule has 4 amide bonds. The molecule has 0 radical (unpaired) electrons. The predicted molar refractivity (Wildman–Crippen MR) is 113 cm³/mol. The molecule has 150 valence electrons. The fourth-order valence-electron chi connectivity index (χ4n) is 3.62. The molecule has 1 aliphatic rings. The smallest absolute Gasteiger partial charge is 0.320 e. The minimum Gasteiger partial charge on any atom is -0.336 e. The van der Waals surface area contributed by atoms with Gasteiger partial charge in [0.15, 0.2) is 5.82 Å². The molecule has 4 rings (SSSR count). The fraction of sp³-hybridized carbons (Fsp3) is 0.286. The first kappa shape index (κ1) is 18.8. The van der Waals surface area contributed by atoms with Gasteiger partial charge in [0.2, 0.25) is 0 Å². The summed E-state index contributed by atoms with van der Waals surface area (Å²) in [4.78, 5) is 25.3. The lowest BCUT2D eigenvalue weighted by Gasteiger charge is -2.14. The zero-order chi connectivity index (χ0) is 20.4. The van der Waals surface area contributed by atoms with E-state index in [2.05, 4.69) is 58.2 Å². The van der Waals surface area contributed by atoms with Crippen LogP contribution in [-0.4, -0.2) is 53.3 Å². The molecule has 1 aromatic heterocycles. The van der Waals surface area contributed by atoms with Crippen LogP contribution in [0.4, 0.5) is 15.4 Å². The second-order valence-electron chi connectivity index (χ2n) is 7.31. The van der Waals surface area contributed by atoms with E-state index in [0.717, 1.165) is 22.0 Å². The second-order valence-corrected chi connectivity index (χ2v) is 7.31. The van der Waals surface area contributed by atoms with Gasteiger partial charge in [-0.1, -0.05) is 35.4 Å². The van der Waals surface area contributed by atoms with Gasteiger partial charge in [-0.25, -0.2) is 9.59 Å². The number of carbonyl (C=O) groups excluding carboxylic acids is 2.